The zero-order valence-electron chi connectivity index (χ0n) is 22.9. The first-order valence-electron chi connectivity index (χ1n) is 12.9. The molecule has 0 unspecified atom stereocenters. The largest absolute Gasteiger partial charge is 0.368 e. The van der Waals surface area contributed by atoms with Crippen LogP contribution in [0, 0.1) is 23.3 Å². The summed E-state index contributed by atoms with van der Waals surface area (Å²) in [5.41, 5.74) is 7.62. The average molecular weight is 689 g/mol. The van der Waals surface area contributed by atoms with Crippen molar-refractivity contribution in [1.29, 1.82) is 0 Å². The number of hydrogen-bond acceptors (Lipinski definition) is 9. The molecule has 0 aliphatic heterocycles. The minimum absolute atomic E-state index is 0.0416. The third-order valence-electron chi connectivity index (χ3n) is 6.56. The van der Waals surface area contributed by atoms with Gasteiger partial charge in [-0.25, -0.2) is 47.5 Å². The molecule has 0 aliphatic carbocycles. The first kappa shape index (κ1) is 31.0. The van der Waals surface area contributed by atoms with Gasteiger partial charge < -0.3 is 14.9 Å². The molecule has 0 atom stereocenters. The third kappa shape index (κ3) is 6.24. The van der Waals surface area contributed by atoms with E-state index in [1.807, 2.05) is 0 Å². The number of imidazole rings is 2. The van der Waals surface area contributed by atoms with Crippen molar-refractivity contribution in [2.24, 2.45) is 0 Å². The van der Waals surface area contributed by atoms with Gasteiger partial charge >= 0.3 is 0 Å². The molecule has 11 nitrogen and oxygen atoms in total. The van der Waals surface area contributed by atoms with E-state index in [0.29, 0.717) is 33.6 Å². The van der Waals surface area contributed by atoms with Crippen LogP contribution in [0.15, 0.2) is 61.4 Å². The van der Waals surface area contributed by atoms with Crippen LogP contribution in [0.3, 0.4) is 0 Å². The molecule has 7 aromatic rings. The van der Waals surface area contributed by atoms with Gasteiger partial charge in [-0.2, -0.15) is 9.97 Å². The molecule has 0 bridgehead atoms. The minimum atomic E-state index is -0.654. The van der Waals surface area contributed by atoms with Crippen LogP contribution in [-0.2, 0) is 13.1 Å². The molecular formula is C28H16Cl3F4N11. The van der Waals surface area contributed by atoms with Gasteiger partial charge in [-0.1, -0.05) is 23.7 Å². The fraction of sp³-hybridized carbons (Fsp3) is 0.0714. The molecule has 2 N–H and O–H groups in total. The normalized spacial score (nSPS) is 11.2. The number of rotatable bonds is 5. The Balaban J connectivity index is 0.000000167. The van der Waals surface area contributed by atoms with Gasteiger partial charge in [0.2, 0.25) is 16.5 Å². The van der Waals surface area contributed by atoms with Crippen molar-refractivity contribution < 1.29 is 17.6 Å². The Morgan fingerprint density at radius 2 is 1.07 bits per heavy atom. The standard InChI is InChI=1S/C16H10ClF2N7.C12H6Cl2F2N4/c17-15-24-12(8-4-21-16(20)22-5-8)13-14(25-15)26(7-23-13)6-9-10(18)2-1-3-11(9)19;13-10-9-11(19-12(14)18-10)20(5-17-9)4-6-7(15)2-1-3-8(6)16/h1-5,7H,6H2,(H2,20,21,22);1-3,5H,4H2. The molecule has 0 aliphatic rings. The lowest BCUT2D eigenvalue weighted by molar-refractivity contribution is 0.545. The highest BCUT2D eigenvalue weighted by molar-refractivity contribution is 6.35. The molecule has 2 aromatic carbocycles. The summed E-state index contributed by atoms with van der Waals surface area (Å²) in [4.78, 5) is 32.2. The molecule has 18 heteroatoms. The Bertz CT molecular complexity index is 2190. The van der Waals surface area contributed by atoms with E-state index in [2.05, 4.69) is 39.9 Å². The van der Waals surface area contributed by atoms with Crippen LogP contribution < -0.4 is 5.73 Å². The minimum Gasteiger partial charge on any atom is -0.368 e. The van der Waals surface area contributed by atoms with Crippen LogP contribution >= 0.6 is 34.8 Å². The van der Waals surface area contributed by atoms with E-state index in [1.165, 1.54) is 70.6 Å². The van der Waals surface area contributed by atoms with Crippen LogP contribution in [0.4, 0.5) is 23.5 Å². The van der Waals surface area contributed by atoms with Gasteiger partial charge in [0.05, 0.1) is 25.7 Å². The zero-order chi connectivity index (χ0) is 32.5. The van der Waals surface area contributed by atoms with Gasteiger partial charge in [-0.3, -0.25) is 0 Å². The maximum absolute atomic E-state index is 13.9. The second kappa shape index (κ2) is 12.8. The van der Waals surface area contributed by atoms with E-state index < -0.39 is 23.3 Å². The lowest BCUT2D eigenvalue weighted by Crippen LogP contribution is -2.05. The third-order valence-corrected chi connectivity index (χ3v) is 7.16. The van der Waals surface area contributed by atoms with Crippen LogP contribution in [0.2, 0.25) is 15.7 Å². The number of anilines is 1. The Morgan fingerprint density at radius 1 is 0.609 bits per heavy atom. The SMILES string of the molecule is Fc1cccc(F)c1Cn1cnc2c(Cl)nc(Cl)nc21.Nc1ncc(-c2nc(Cl)nc3c2ncn3Cc2c(F)cccc2F)cn1. The molecule has 0 saturated heterocycles. The number of nitrogen functional groups attached to an aromatic ring is 1. The lowest BCUT2D eigenvalue weighted by atomic mass is 10.2. The summed E-state index contributed by atoms with van der Waals surface area (Å²) in [6.45, 7) is -0.168. The average Bonchev–Trinajstić information content (AvgIpc) is 3.61. The molecule has 0 spiro atoms. The molecular weight excluding hydrogens is 673 g/mol. The summed E-state index contributed by atoms with van der Waals surface area (Å²) in [6, 6.07) is 7.36. The van der Waals surface area contributed by atoms with Crippen molar-refractivity contribution in [3.63, 3.8) is 0 Å². The Hall–Kier alpha value is -4.99. The second-order valence-corrected chi connectivity index (χ2v) is 10.5. The Morgan fingerprint density at radius 3 is 1.59 bits per heavy atom. The summed E-state index contributed by atoms with van der Waals surface area (Å²) in [7, 11) is 0. The first-order chi connectivity index (χ1) is 22.1. The van der Waals surface area contributed by atoms with Gasteiger partial charge in [0.1, 0.15) is 40.0 Å². The smallest absolute Gasteiger partial charge is 0.225 e. The van der Waals surface area contributed by atoms with Gasteiger partial charge in [0, 0.05) is 29.1 Å². The summed E-state index contributed by atoms with van der Waals surface area (Å²) < 4.78 is 58.1. The molecule has 0 saturated carbocycles. The van der Waals surface area contributed by atoms with E-state index in [1.54, 1.807) is 0 Å². The highest BCUT2D eigenvalue weighted by Crippen LogP contribution is 2.27. The summed E-state index contributed by atoms with van der Waals surface area (Å²) in [5.74, 6) is -2.47. The van der Waals surface area contributed by atoms with E-state index in [-0.39, 0.29) is 45.9 Å². The fourth-order valence-electron chi connectivity index (χ4n) is 4.40. The van der Waals surface area contributed by atoms with Crippen molar-refractivity contribution >= 4 is 63.1 Å². The molecule has 0 amide bonds. The highest BCUT2D eigenvalue weighted by atomic mass is 35.5. The maximum atomic E-state index is 13.9. The lowest BCUT2D eigenvalue weighted by Gasteiger charge is -2.07. The Kier molecular flexibility index (Phi) is 8.62. The van der Waals surface area contributed by atoms with E-state index >= 15 is 0 Å². The number of nitrogens with zero attached hydrogens (tertiary/aromatic N) is 10. The zero-order valence-corrected chi connectivity index (χ0v) is 25.2. The monoisotopic (exact) mass is 687 g/mol. The van der Waals surface area contributed by atoms with Gasteiger partial charge in [0.25, 0.3) is 0 Å². The molecule has 5 aromatic heterocycles. The van der Waals surface area contributed by atoms with E-state index in [0.717, 1.165) is 0 Å². The number of halogens is 7. The van der Waals surface area contributed by atoms with E-state index in [9.17, 15) is 17.6 Å². The number of nitrogens with two attached hydrogens (primary N) is 1. The van der Waals surface area contributed by atoms with Crippen LogP contribution in [-0.4, -0.2) is 49.0 Å². The van der Waals surface area contributed by atoms with Crippen molar-refractivity contribution in [3.05, 3.63) is 112 Å². The predicted octanol–water partition coefficient (Wildman–Crippen LogP) is 6.31. The summed E-state index contributed by atoms with van der Waals surface area (Å²) in [5, 5.41) is -0.00825. The summed E-state index contributed by atoms with van der Waals surface area (Å²) >= 11 is 17.6. The number of hydrogen-bond donors (Lipinski definition) is 1. The van der Waals surface area contributed by atoms with Crippen molar-refractivity contribution in [3.8, 4) is 11.3 Å². The quantitative estimate of drug-likeness (QED) is 0.125. The summed E-state index contributed by atoms with van der Waals surface area (Å²) in [6.07, 6.45) is 5.77. The van der Waals surface area contributed by atoms with Gasteiger partial charge in [0.15, 0.2) is 16.4 Å². The van der Waals surface area contributed by atoms with Crippen LogP contribution in [0.1, 0.15) is 11.1 Å². The molecule has 0 radical (unpaired) electrons. The number of benzene rings is 2. The predicted molar refractivity (Wildman–Crippen MR) is 162 cm³/mol. The topological polar surface area (TPSA) is 139 Å². The molecule has 5 heterocycles. The van der Waals surface area contributed by atoms with Crippen molar-refractivity contribution in [2.75, 3.05) is 5.73 Å². The van der Waals surface area contributed by atoms with Gasteiger partial charge in [-0.05, 0) is 47.5 Å². The van der Waals surface area contributed by atoms with Crippen molar-refractivity contribution in [1.82, 2.24) is 49.0 Å². The Labute approximate surface area is 270 Å². The highest BCUT2D eigenvalue weighted by Gasteiger charge is 2.18. The van der Waals surface area contributed by atoms with Gasteiger partial charge in [-0.15, -0.1) is 0 Å². The number of aromatic nitrogens is 10. The molecule has 7 rings (SSSR count). The maximum Gasteiger partial charge on any atom is 0.225 e. The number of fused-ring (bicyclic) bond motifs is 2. The van der Waals surface area contributed by atoms with Crippen molar-refractivity contribution in [2.45, 2.75) is 13.1 Å². The van der Waals surface area contributed by atoms with Crippen LogP contribution in [0.5, 0.6) is 0 Å². The molecule has 46 heavy (non-hydrogen) atoms. The van der Waals surface area contributed by atoms with E-state index in [4.69, 9.17) is 40.5 Å². The second-order valence-electron chi connectivity index (χ2n) is 9.44. The first-order valence-corrected chi connectivity index (χ1v) is 14.1. The molecule has 0 fully saturated rings. The molecule has 232 valence electrons. The fourth-order valence-corrected chi connectivity index (χ4v) is 4.99. The van der Waals surface area contributed by atoms with Crippen LogP contribution in [0.25, 0.3) is 33.6 Å².